The molecule has 2 heterocycles. The first-order valence-corrected chi connectivity index (χ1v) is 8.00. The van der Waals surface area contributed by atoms with E-state index in [1.807, 2.05) is 6.92 Å². The van der Waals surface area contributed by atoms with Gasteiger partial charge in [-0.05, 0) is 31.5 Å². The van der Waals surface area contributed by atoms with Gasteiger partial charge in [-0.2, -0.15) is 5.10 Å². The molecular formula is C16H17ClN4O4. The van der Waals surface area contributed by atoms with E-state index in [-0.39, 0.29) is 17.1 Å². The van der Waals surface area contributed by atoms with Crippen molar-refractivity contribution in [2.75, 3.05) is 5.32 Å². The minimum atomic E-state index is -1.07. The lowest BCUT2D eigenvalue weighted by molar-refractivity contribution is -0.123. The summed E-state index contributed by atoms with van der Waals surface area (Å²) in [6, 6.07) is 5.60. The van der Waals surface area contributed by atoms with Crippen LogP contribution >= 0.6 is 11.6 Å². The molecule has 1 unspecified atom stereocenters. The summed E-state index contributed by atoms with van der Waals surface area (Å²) in [7, 11) is 0. The third-order valence-electron chi connectivity index (χ3n) is 3.14. The molecule has 2 rings (SSSR count). The molecule has 2 aromatic rings. The molecular weight excluding hydrogens is 348 g/mol. The zero-order chi connectivity index (χ0) is 18.4. The lowest BCUT2D eigenvalue weighted by Gasteiger charge is -2.13. The molecule has 0 aliphatic heterocycles. The summed E-state index contributed by atoms with van der Waals surface area (Å²) < 4.78 is 6.26. The molecule has 0 radical (unpaired) electrons. The third kappa shape index (κ3) is 5.12. The second-order valence-electron chi connectivity index (χ2n) is 5.18. The number of nitrogens with one attached hydrogen (secondary N) is 1. The predicted molar refractivity (Wildman–Crippen MR) is 91.5 cm³/mol. The highest BCUT2D eigenvalue weighted by Crippen LogP contribution is 2.10. The smallest absolute Gasteiger partial charge is 0.359 e. The Balaban J connectivity index is 2.01. The van der Waals surface area contributed by atoms with Crippen molar-refractivity contribution in [3.63, 3.8) is 0 Å². The highest BCUT2D eigenvalue weighted by Gasteiger charge is 2.20. The van der Waals surface area contributed by atoms with Gasteiger partial charge in [0.15, 0.2) is 11.8 Å². The van der Waals surface area contributed by atoms with Crippen molar-refractivity contribution in [3.05, 3.63) is 51.5 Å². The van der Waals surface area contributed by atoms with E-state index in [0.29, 0.717) is 18.0 Å². The van der Waals surface area contributed by atoms with Gasteiger partial charge in [0.05, 0.1) is 5.02 Å². The van der Waals surface area contributed by atoms with Crippen LogP contribution in [-0.2, 0) is 16.1 Å². The molecule has 1 atom stereocenters. The van der Waals surface area contributed by atoms with Crippen LogP contribution in [0.2, 0.25) is 5.02 Å². The first kappa shape index (κ1) is 18.6. The first-order chi connectivity index (χ1) is 11.9. The van der Waals surface area contributed by atoms with Gasteiger partial charge in [0, 0.05) is 18.8 Å². The van der Waals surface area contributed by atoms with E-state index in [0.717, 1.165) is 0 Å². The highest BCUT2D eigenvalue weighted by molar-refractivity contribution is 6.30. The maximum absolute atomic E-state index is 12.1. The van der Waals surface area contributed by atoms with Crippen molar-refractivity contribution in [1.29, 1.82) is 0 Å². The van der Waals surface area contributed by atoms with E-state index >= 15 is 0 Å². The van der Waals surface area contributed by atoms with Crippen molar-refractivity contribution in [1.82, 2.24) is 14.8 Å². The van der Waals surface area contributed by atoms with Gasteiger partial charge in [-0.1, -0.05) is 18.5 Å². The fraction of sp³-hybridized carbons (Fsp3) is 0.312. The average Bonchev–Trinajstić information content (AvgIpc) is 2.58. The number of carbonyl (C=O) groups is 2. The van der Waals surface area contributed by atoms with E-state index < -0.39 is 18.0 Å². The second kappa shape index (κ2) is 8.39. The molecule has 1 N–H and O–H groups in total. The highest BCUT2D eigenvalue weighted by atomic mass is 35.5. The fourth-order valence-electron chi connectivity index (χ4n) is 1.88. The Labute approximate surface area is 148 Å². The standard InChI is InChI=1S/C16H17ClN4O4/c1-3-8-21-14(22)7-5-12(20-21)16(24)25-10(2)15(23)19-13-6-4-11(17)9-18-13/h4-7,9-10H,3,8H2,1-2H3,(H,18,19,23). The Hall–Kier alpha value is -2.74. The van der Waals surface area contributed by atoms with Crippen LogP contribution in [0.4, 0.5) is 5.82 Å². The number of ether oxygens (including phenoxy) is 1. The molecule has 0 spiro atoms. The Morgan fingerprint density at radius 2 is 2.08 bits per heavy atom. The minimum absolute atomic E-state index is 0.0442. The summed E-state index contributed by atoms with van der Waals surface area (Å²) in [5, 5.41) is 6.88. The number of rotatable bonds is 6. The number of carbonyl (C=O) groups excluding carboxylic acids is 2. The number of nitrogens with zero attached hydrogens (tertiary/aromatic N) is 3. The molecule has 0 aromatic carbocycles. The molecule has 0 saturated heterocycles. The largest absolute Gasteiger partial charge is 0.448 e. The zero-order valence-electron chi connectivity index (χ0n) is 13.7. The summed E-state index contributed by atoms with van der Waals surface area (Å²) in [5.74, 6) is -1.06. The molecule has 25 heavy (non-hydrogen) atoms. The van der Waals surface area contributed by atoms with Crippen molar-refractivity contribution < 1.29 is 14.3 Å². The van der Waals surface area contributed by atoms with Gasteiger partial charge in [0.25, 0.3) is 11.5 Å². The molecule has 2 aromatic heterocycles. The molecule has 0 aliphatic rings. The number of esters is 1. The van der Waals surface area contributed by atoms with Crippen LogP contribution in [0.3, 0.4) is 0 Å². The van der Waals surface area contributed by atoms with Gasteiger partial charge in [0.2, 0.25) is 0 Å². The van der Waals surface area contributed by atoms with E-state index in [2.05, 4.69) is 15.4 Å². The van der Waals surface area contributed by atoms with Crippen molar-refractivity contribution in [2.24, 2.45) is 0 Å². The molecule has 0 aliphatic carbocycles. The molecule has 132 valence electrons. The number of aryl methyl sites for hydroxylation is 1. The maximum Gasteiger partial charge on any atom is 0.359 e. The Morgan fingerprint density at radius 3 is 2.72 bits per heavy atom. The van der Waals surface area contributed by atoms with Crippen molar-refractivity contribution in [3.8, 4) is 0 Å². The monoisotopic (exact) mass is 364 g/mol. The van der Waals surface area contributed by atoms with Crippen LogP contribution in [-0.4, -0.2) is 32.7 Å². The Bertz CT molecular complexity index is 820. The van der Waals surface area contributed by atoms with E-state index in [4.69, 9.17) is 16.3 Å². The summed E-state index contributed by atoms with van der Waals surface area (Å²) in [6.45, 7) is 3.69. The van der Waals surface area contributed by atoms with Gasteiger partial charge in [0.1, 0.15) is 5.82 Å². The van der Waals surface area contributed by atoms with Gasteiger partial charge >= 0.3 is 5.97 Å². The van der Waals surface area contributed by atoms with E-state index in [9.17, 15) is 14.4 Å². The quantitative estimate of drug-likeness (QED) is 0.785. The van der Waals surface area contributed by atoms with Crippen molar-refractivity contribution >= 4 is 29.3 Å². The van der Waals surface area contributed by atoms with Gasteiger partial charge in [-0.3, -0.25) is 9.59 Å². The maximum atomic E-state index is 12.1. The van der Waals surface area contributed by atoms with Crippen molar-refractivity contribution in [2.45, 2.75) is 32.9 Å². The van der Waals surface area contributed by atoms with Crippen LogP contribution in [0.25, 0.3) is 0 Å². The van der Waals surface area contributed by atoms with Crippen LogP contribution in [0, 0.1) is 0 Å². The topological polar surface area (TPSA) is 103 Å². The molecule has 0 fully saturated rings. The lowest BCUT2D eigenvalue weighted by atomic mass is 10.3. The molecule has 0 bridgehead atoms. The zero-order valence-corrected chi connectivity index (χ0v) is 14.5. The summed E-state index contributed by atoms with van der Waals surface area (Å²) in [5.41, 5.74) is -0.352. The SMILES string of the molecule is CCCn1nc(C(=O)OC(C)C(=O)Nc2ccc(Cl)cn2)ccc1=O. The summed E-state index contributed by atoms with van der Waals surface area (Å²) in [4.78, 5) is 39.7. The average molecular weight is 365 g/mol. The number of aromatic nitrogens is 3. The fourth-order valence-corrected chi connectivity index (χ4v) is 1.99. The molecule has 8 nitrogen and oxygen atoms in total. The lowest BCUT2D eigenvalue weighted by Crippen LogP contribution is -2.31. The third-order valence-corrected chi connectivity index (χ3v) is 3.37. The minimum Gasteiger partial charge on any atom is -0.448 e. The Kier molecular flexibility index (Phi) is 6.24. The van der Waals surface area contributed by atoms with Crippen LogP contribution in [0.15, 0.2) is 35.3 Å². The van der Waals surface area contributed by atoms with E-state index in [1.165, 1.54) is 36.0 Å². The summed E-state index contributed by atoms with van der Waals surface area (Å²) in [6.07, 6.45) is 1.01. The number of amides is 1. The van der Waals surface area contributed by atoms with Crippen LogP contribution in [0.1, 0.15) is 30.8 Å². The number of anilines is 1. The molecule has 0 saturated carbocycles. The number of halogens is 1. The first-order valence-electron chi connectivity index (χ1n) is 7.62. The summed E-state index contributed by atoms with van der Waals surface area (Å²) >= 11 is 5.72. The number of hydrogen-bond donors (Lipinski definition) is 1. The number of pyridine rings is 1. The number of hydrogen-bond acceptors (Lipinski definition) is 6. The normalized spacial score (nSPS) is 11.6. The predicted octanol–water partition coefficient (Wildman–Crippen LogP) is 1.89. The molecule has 9 heteroatoms. The second-order valence-corrected chi connectivity index (χ2v) is 5.61. The van der Waals surface area contributed by atoms with Gasteiger partial charge in [-0.25, -0.2) is 14.5 Å². The van der Waals surface area contributed by atoms with Crippen LogP contribution in [0.5, 0.6) is 0 Å². The molecule has 1 amide bonds. The van der Waals surface area contributed by atoms with E-state index in [1.54, 1.807) is 6.07 Å². The Morgan fingerprint density at radius 1 is 1.32 bits per heavy atom. The van der Waals surface area contributed by atoms with Gasteiger partial charge < -0.3 is 10.1 Å². The van der Waals surface area contributed by atoms with Crippen LogP contribution < -0.4 is 10.9 Å². The van der Waals surface area contributed by atoms with Gasteiger partial charge in [-0.15, -0.1) is 0 Å².